The molecule has 0 bridgehead atoms. The Morgan fingerprint density at radius 1 is 1.83 bits per heavy atom. The van der Waals surface area contributed by atoms with Gasteiger partial charge in [0.05, 0.1) is 5.37 Å². The van der Waals surface area contributed by atoms with Gasteiger partial charge in [-0.05, 0) is 13.0 Å². The van der Waals surface area contributed by atoms with Crippen LogP contribution in [0.4, 0.5) is 0 Å². The van der Waals surface area contributed by atoms with Crippen molar-refractivity contribution >= 4 is 12.0 Å². The Bertz CT molecular complexity index is 43.3. The van der Waals surface area contributed by atoms with Crippen molar-refractivity contribution in [1.29, 1.82) is 0 Å². The van der Waals surface area contributed by atoms with Crippen molar-refractivity contribution in [1.82, 2.24) is 5.32 Å². The molecule has 0 aromatic rings. The van der Waals surface area contributed by atoms with E-state index in [1.54, 1.807) is 0 Å². The highest BCUT2D eigenvalue weighted by molar-refractivity contribution is 7.94. The minimum Gasteiger partial charge on any atom is -0.329 e. The molecule has 1 atom stereocenters. The first-order valence-electron chi connectivity index (χ1n) is 1.97. The predicted octanol–water partition coefficient (Wildman–Crippen LogP) is 0.512. The average Bonchev–Trinajstić information content (AvgIpc) is 1.31. The lowest BCUT2D eigenvalue weighted by atomic mass is 10.3. The standard InChI is InChI=1S/C3H7NOS/c5-6-3-1-2-4-3/h3-5H,1-2H2. The fraction of sp³-hybridized carbons (Fsp3) is 1.00. The first-order chi connectivity index (χ1) is 2.93. The van der Waals surface area contributed by atoms with Gasteiger partial charge in [0.15, 0.2) is 0 Å². The molecule has 1 saturated heterocycles. The third-order valence-corrected chi connectivity index (χ3v) is 1.56. The first kappa shape index (κ1) is 4.43. The van der Waals surface area contributed by atoms with E-state index in [-0.39, 0.29) is 0 Å². The Morgan fingerprint density at radius 2 is 2.50 bits per heavy atom. The van der Waals surface area contributed by atoms with Gasteiger partial charge in [-0.25, -0.2) is 0 Å². The Balaban J connectivity index is 2.01. The van der Waals surface area contributed by atoms with E-state index in [0.717, 1.165) is 25.0 Å². The lowest BCUT2D eigenvalue weighted by Crippen LogP contribution is -2.39. The summed E-state index contributed by atoms with van der Waals surface area (Å²) in [4.78, 5) is 0. The molecule has 2 nitrogen and oxygen atoms in total. The molecule has 0 aromatic carbocycles. The fourth-order valence-corrected chi connectivity index (χ4v) is 0.768. The van der Waals surface area contributed by atoms with Crippen molar-refractivity contribution in [2.24, 2.45) is 0 Å². The Hall–Kier alpha value is 0.270. The molecule has 36 valence electrons. The second-order valence-electron chi connectivity index (χ2n) is 1.34. The summed E-state index contributed by atoms with van der Waals surface area (Å²) in [5, 5.41) is 3.35. The smallest absolute Gasteiger partial charge is 0.0808 e. The molecule has 0 spiro atoms. The minimum atomic E-state index is 0.338. The molecule has 0 aliphatic carbocycles. The third-order valence-electron chi connectivity index (χ3n) is 0.906. The van der Waals surface area contributed by atoms with Crippen LogP contribution < -0.4 is 5.32 Å². The quantitative estimate of drug-likeness (QED) is 0.477. The highest BCUT2D eigenvalue weighted by atomic mass is 32.2. The molecule has 3 heteroatoms. The SMILES string of the molecule is OSC1CCN1. The molecule has 0 aromatic heterocycles. The summed E-state index contributed by atoms with van der Waals surface area (Å²) in [6.07, 6.45) is 1.11. The average molecular weight is 105 g/mol. The summed E-state index contributed by atoms with van der Waals surface area (Å²) in [6.45, 7) is 1.07. The van der Waals surface area contributed by atoms with Crippen molar-refractivity contribution in [3.05, 3.63) is 0 Å². The van der Waals surface area contributed by atoms with Crippen LogP contribution in [0.3, 0.4) is 0 Å². The highest BCUT2D eigenvalue weighted by Gasteiger charge is 2.14. The van der Waals surface area contributed by atoms with Crippen molar-refractivity contribution in [2.45, 2.75) is 11.8 Å². The Labute approximate surface area is 41.1 Å². The van der Waals surface area contributed by atoms with Gasteiger partial charge >= 0.3 is 0 Å². The number of nitrogens with one attached hydrogen (secondary N) is 1. The molecule has 1 rings (SSSR count). The zero-order valence-corrected chi connectivity index (χ0v) is 4.16. The highest BCUT2D eigenvalue weighted by Crippen LogP contribution is 2.12. The monoisotopic (exact) mass is 105 g/mol. The summed E-state index contributed by atoms with van der Waals surface area (Å²) in [5.41, 5.74) is 0. The number of hydrogen-bond acceptors (Lipinski definition) is 3. The van der Waals surface area contributed by atoms with Crippen LogP contribution in [0, 0.1) is 0 Å². The van der Waals surface area contributed by atoms with Crippen molar-refractivity contribution in [2.75, 3.05) is 6.54 Å². The summed E-state index contributed by atoms with van der Waals surface area (Å²) >= 11 is 0.900. The Morgan fingerprint density at radius 3 is 2.50 bits per heavy atom. The van der Waals surface area contributed by atoms with Crippen molar-refractivity contribution in [3.63, 3.8) is 0 Å². The van der Waals surface area contributed by atoms with Gasteiger partial charge in [0, 0.05) is 12.0 Å². The first-order valence-corrected chi connectivity index (χ1v) is 2.81. The van der Waals surface area contributed by atoms with E-state index in [1.165, 1.54) is 0 Å². The van der Waals surface area contributed by atoms with Gasteiger partial charge in [0.25, 0.3) is 0 Å². The topological polar surface area (TPSA) is 32.3 Å². The predicted molar refractivity (Wildman–Crippen MR) is 26.6 cm³/mol. The normalized spacial score (nSPS) is 32.5. The molecule has 6 heavy (non-hydrogen) atoms. The third kappa shape index (κ3) is 0.668. The van der Waals surface area contributed by atoms with E-state index < -0.39 is 0 Å². The summed E-state index contributed by atoms with van der Waals surface area (Å²) in [7, 11) is 0. The van der Waals surface area contributed by atoms with Crippen molar-refractivity contribution < 1.29 is 4.55 Å². The van der Waals surface area contributed by atoms with E-state index in [9.17, 15) is 0 Å². The van der Waals surface area contributed by atoms with Crippen LogP contribution in [0.1, 0.15) is 6.42 Å². The summed E-state index contributed by atoms with van der Waals surface area (Å²) in [5.74, 6) is 0. The summed E-state index contributed by atoms with van der Waals surface area (Å²) < 4.78 is 8.24. The van der Waals surface area contributed by atoms with Crippen LogP contribution >= 0.6 is 12.0 Å². The molecule has 1 aliphatic heterocycles. The van der Waals surface area contributed by atoms with Crippen LogP contribution in [0.5, 0.6) is 0 Å². The van der Waals surface area contributed by atoms with Gasteiger partial charge in [-0.1, -0.05) is 0 Å². The molecule has 2 N–H and O–H groups in total. The van der Waals surface area contributed by atoms with Gasteiger partial charge in [0.1, 0.15) is 0 Å². The van der Waals surface area contributed by atoms with Crippen molar-refractivity contribution in [3.8, 4) is 0 Å². The maximum Gasteiger partial charge on any atom is 0.0808 e. The lowest BCUT2D eigenvalue weighted by Gasteiger charge is -2.23. The number of hydrogen-bond donors (Lipinski definition) is 2. The second-order valence-corrected chi connectivity index (χ2v) is 2.12. The zero-order valence-electron chi connectivity index (χ0n) is 3.35. The molecular formula is C3H7NOS. The maximum atomic E-state index is 8.24. The van der Waals surface area contributed by atoms with E-state index in [4.69, 9.17) is 4.55 Å². The van der Waals surface area contributed by atoms with E-state index in [0.29, 0.717) is 5.37 Å². The molecule has 0 saturated carbocycles. The molecular weight excluding hydrogens is 98.1 g/mol. The van der Waals surface area contributed by atoms with E-state index in [2.05, 4.69) is 5.32 Å². The van der Waals surface area contributed by atoms with Crippen LogP contribution in [0.15, 0.2) is 0 Å². The fourth-order valence-electron chi connectivity index (χ4n) is 0.352. The summed E-state index contributed by atoms with van der Waals surface area (Å²) in [6, 6.07) is 0. The van der Waals surface area contributed by atoms with Gasteiger partial charge in [-0.15, -0.1) is 0 Å². The molecule has 0 amide bonds. The molecule has 1 fully saturated rings. The van der Waals surface area contributed by atoms with Gasteiger partial charge in [0.2, 0.25) is 0 Å². The van der Waals surface area contributed by atoms with Gasteiger partial charge in [-0.2, -0.15) is 0 Å². The van der Waals surface area contributed by atoms with Gasteiger partial charge < -0.3 is 9.87 Å². The maximum absolute atomic E-state index is 8.24. The van der Waals surface area contributed by atoms with Crippen LogP contribution in [-0.4, -0.2) is 16.5 Å². The molecule has 1 aliphatic rings. The van der Waals surface area contributed by atoms with Crippen LogP contribution in [0.2, 0.25) is 0 Å². The zero-order chi connectivity index (χ0) is 4.41. The molecule has 1 unspecified atom stereocenters. The second kappa shape index (κ2) is 1.82. The van der Waals surface area contributed by atoms with Crippen LogP contribution in [-0.2, 0) is 0 Å². The molecule has 0 radical (unpaired) electrons. The van der Waals surface area contributed by atoms with E-state index >= 15 is 0 Å². The number of rotatable bonds is 1. The van der Waals surface area contributed by atoms with Gasteiger partial charge in [-0.3, -0.25) is 0 Å². The molecule has 1 heterocycles. The Kier molecular flexibility index (Phi) is 1.34. The van der Waals surface area contributed by atoms with Crippen LogP contribution in [0.25, 0.3) is 0 Å². The minimum absolute atomic E-state index is 0.338. The largest absolute Gasteiger partial charge is 0.329 e. The lowest BCUT2D eigenvalue weighted by molar-refractivity contribution is 0.467. The van der Waals surface area contributed by atoms with E-state index in [1.807, 2.05) is 0 Å².